The lowest BCUT2D eigenvalue weighted by Gasteiger charge is -2.09. The normalized spacial score (nSPS) is 10.2. The third kappa shape index (κ3) is 2.56. The molecule has 0 amide bonds. The molecule has 2 aromatic rings. The molecule has 5 heteroatoms. The third-order valence-corrected chi connectivity index (χ3v) is 3.16. The van der Waals surface area contributed by atoms with Gasteiger partial charge in [0.05, 0.1) is 19.9 Å². The highest BCUT2D eigenvalue weighted by atomic mass is 32.2. The summed E-state index contributed by atoms with van der Waals surface area (Å²) in [6.07, 6.45) is 1.97. The number of thioether (sulfide) groups is 1. The molecule has 0 saturated heterocycles. The minimum atomic E-state index is 0.686. The number of hydrogen-bond donors (Lipinski definition) is 0. The Labute approximate surface area is 110 Å². The van der Waals surface area contributed by atoms with Crippen LogP contribution in [0.1, 0.15) is 0 Å². The van der Waals surface area contributed by atoms with Crippen LogP contribution in [-0.4, -0.2) is 30.7 Å². The van der Waals surface area contributed by atoms with Crippen LogP contribution in [0, 0.1) is 0 Å². The average Bonchev–Trinajstić information content (AvgIpc) is 2.46. The number of aromatic nitrogens is 2. The molecule has 0 unspecified atom stereocenters. The Hall–Kier alpha value is -1.75. The monoisotopic (exact) mass is 262 g/mol. The van der Waals surface area contributed by atoms with Gasteiger partial charge in [0.25, 0.3) is 0 Å². The molecule has 0 aliphatic carbocycles. The molecule has 0 spiro atoms. The number of rotatable bonds is 4. The van der Waals surface area contributed by atoms with Gasteiger partial charge in [0.2, 0.25) is 0 Å². The van der Waals surface area contributed by atoms with E-state index in [0.717, 1.165) is 16.3 Å². The fourth-order valence-electron chi connectivity index (χ4n) is 1.58. The maximum Gasteiger partial charge on any atom is 0.161 e. The second-order valence-corrected chi connectivity index (χ2v) is 4.36. The Bertz CT molecular complexity index is 529. The Balaban J connectivity index is 2.37. The van der Waals surface area contributed by atoms with E-state index in [1.54, 1.807) is 26.0 Å². The number of hydrogen-bond acceptors (Lipinski definition) is 5. The smallest absolute Gasteiger partial charge is 0.161 e. The van der Waals surface area contributed by atoms with Crippen LogP contribution in [0.5, 0.6) is 11.5 Å². The van der Waals surface area contributed by atoms with Crippen molar-refractivity contribution in [3.05, 3.63) is 30.3 Å². The van der Waals surface area contributed by atoms with Crippen molar-refractivity contribution in [2.45, 2.75) is 5.03 Å². The van der Waals surface area contributed by atoms with Crippen molar-refractivity contribution in [2.24, 2.45) is 0 Å². The second-order valence-electron chi connectivity index (χ2n) is 3.53. The minimum Gasteiger partial charge on any atom is -0.493 e. The topological polar surface area (TPSA) is 44.2 Å². The molecule has 1 heterocycles. The van der Waals surface area contributed by atoms with Gasteiger partial charge in [0, 0.05) is 5.56 Å². The predicted octanol–water partition coefficient (Wildman–Crippen LogP) is 2.88. The predicted molar refractivity (Wildman–Crippen MR) is 72.4 cm³/mol. The summed E-state index contributed by atoms with van der Waals surface area (Å²) >= 11 is 1.57. The lowest BCUT2D eigenvalue weighted by atomic mass is 10.1. The molecule has 0 saturated carbocycles. The summed E-state index contributed by atoms with van der Waals surface area (Å²) < 4.78 is 10.5. The number of ether oxygens (including phenoxy) is 2. The number of methoxy groups -OCH3 is 2. The molecule has 94 valence electrons. The van der Waals surface area contributed by atoms with Crippen LogP contribution in [0.15, 0.2) is 35.4 Å². The van der Waals surface area contributed by atoms with Crippen molar-refractivity contribution in [2.75, 3.05) is 20.5 Å². The molecule has 1 aromatic heterocycles. The summed E-state index contributed by atoms with van der Waals surface area (Å²) in [5, 5.41) is 9.20. The van der Waals surface area contributed by atoms with E-state index < -0.39 is 0 Å². The highest BCUT2D eigenvalue weighted by Gasteiger charge is 2.07. The number of benzene rings is 1. The molecule has 0 fully saturated rings. The second kappa shape index (κ2) is 5.73. The van der Waals surface area contributed by atoms with E-state index in [1.165, 1.54) is 0 Å². The maximum atomic E-state index is 5.27. The van der Waals surface area contributed by atoms with Gasteiger partial charge in [0.1, 0.15) is 5.03 Å². The zero-order chi connectivity index (χ0) is 13.0. The SMILES string of the molecule is COc1ccc(-c2ccc(SC)nn2)cc1OC. The van der Waals surface area contributed by atoms with Gasteiger partial charge in [-0.1, -0.05) is 0 Å². The van der Waals surface area contributed by atoms with Gasteiger partial charge in [-0.25, -0.2) is 0 Å². The molecule has 4 nitrogen and oxygen atoms in total. The lowest BCUT2D eigenvalue weighted by molar-refractivity contribution is 0.355. The molecular formula is C13H14N2O2S. The highest BCUT2D eigenvalue weighted by molar-refractivity contribution is 7.98. The van der Waals surface area contributed by atoms with Crippen molar-refractivity contribution in [1.82, 2.24) is 10.2 Å². The summed E-state index contributed by atoms with van der Waals surface area (Å²) in [5.41, 5.74) is 1.77. The van der Waals surface area contributed by atoms with Gasteiger partial charge in [0.15, 0.2) is 11.5 Å². The van der Waals surface area contributed by atoms with Gasteiger partial charge in [-0.05, 0) is 36.6 Å². The molecule has 0 aliphatic rings. The van der Waals surface area contributed by atoms with Crippen molar-refractivity contribution < 1.29 is 9.47 Å². The summed E-state index contributed by atoms with van der Waals surface area (Å²) in [5.74, 6) is 1.39. The zero-order valence-corrected chi connectivity index (χ0v) is 11.3. The summed E-state index contributed by atoms with van der Waals surface area (Å²) in [6, 6.07) is 9.58. The van der Waals surface area contributed by atoms with Crippen LogP contribution >= 0.6 is 11.8 Å². The van der Waals surface area contributed by atoms with Gasteiger partial charge in [-0.3, -0.25) is 0 Å². The fraction of sp³-hybridized carbons (Fsp3) is 0.231. The van der Waals surface area contributed by atoms with Crippen LogP contribution in [0.25, 0.3) is 11.3 Å². The van der Waals surface area contributed by atoms with Crippen LogP contribution in [0.3, 0.4) is 0 Å². The molecule has 2 rings (SSSR count). The fourth-order valence-corrected chi connectivity index (χ4v) is 1.91. The molecule has 0 N–H and O–H groups in total. The highest BCUT2D eigenvalue weighted by Crippen LogP contribution is 2.31. The maximum absolute atomic E-state index is 5.27. The van der Waals surface area contributed by atoms with Crippen LogP contribution in [0.2, 0.25) is 0 Å². The molecule has 0 bridgehead atoms. The van der Waals surface area contributed by atoms with Gasteiger partial charge < -0.3 is 9.47 Å². The molecule has 1 aromatic carbocycles. The van der Waals surface area contributed by atoms with E-state index in [4.69, 9.17) is 9.47 Å². The minimum absolute atomic E-state index is 0.686. The first-order chi connectivity index (χ1) is 8.78. The van der Waals surface area contributed by atoms with Crippen molar-refractivity contribution in [3.8, 4) is 22.8 Å². The average molecular weight is 262 g/mol. The van der Waals surface area contributed by atoms with E-state index in [9.17, 15) is 0 Å². The van der Waals surface area contributed by atoms with Gasteiger partial charge >= 0.3 is 0 Å². The van der Waals surface area contributed by atoms with Crippen molar-refractivity contribution >= 4 is 11.8 Å². The summed E-state index contributed by atoms with van der Waals surface area (Å²) in [6.45, 7) is 0. The van der Waals surface area contributed by atoms with Crippen LogP contribution in [-0.2, 0) is 0 Å². The molecule has 0 atom stereocenters. The van der Waals surface area contributed by atoms with E-state index >= 15 is 0 Å². The van der Waals surface area contributed by atoms with E-state index in [2.05, 4.69) is 10.2 Å². The van der Waals surface area contributed by atoms with E-state index in [0.29, 0.717) is 11.5 Å². The standard InChI is InChI=1S/C13H14N2O2S/c1-16-11-6-4-9(8-12(11)17-2)10-5-7-13(18-3)15-14-10/h4-8H,1-3H3. The van der Waals surface area contributed by atoms with Crippen molar-refractivity contribution in [3.63, 3.8) is 0 Å². The Morgan fingerprint density at radius 3 is 2.28 bits per heavy atom. The van der Waals surface area contributed by atoms with Crippen LogP contribution < -0.4 is 9.47 Å². The quantitative estimate of drug-likeness (QED) is 0.793. The molecule has 18 heavy (non-hydrogen) atoms. The van der Waals surface area contributed by atoms with E-state index in [-0.39, 0.29) is 0 Å². The zero-order valence-electron chi connectivity index (χ0n) is 10.5. The van der Waals surface area contributed by atoms with Gasteiger partial charge in [-0.2, -0.15) is 0 Å². The first kappa shape index (κ1) is 12.7. The lowest BCUT2D eigenvalue weighted by Crippen LogP contribution is -1.93. The largest absolute Gasteiger partial charge is 0.493 e. The number of nitrogens with zero attached hydrogens (tertiary/aromatic N) is 2. The first-order valence-corrected chi connectivity index (χ1v) is 6.61. The van der Waals surface area contributed by atoms with Crippen molar-refractivity contribution in [1.29, 1.82) is 0 Å². The molecule has 0 aliphatic heterocycles. The van der Waals surface area contributed by atoms with Gasteiger partial charge in [-0.15, -0.1) is 22.0 Å². The molecular weight excluding hydrogens is 248 g/mol. The Morgan fingerprint density at radius 1 is 0.944 bits per heavy atom. The Morgan fingerprint density at radius 2 is 1.72 bits per heavy atom. The summed E-state index contributed by atoms with van der Waals surface area (Å²) in [7, 11) is 3.23. The van der Waals surface area contributed by atoms with E-state index in [1.807, 2.05) is 36.6 Å². The third-order valence-electron chi connectivity index (χ3n) is 2.53. The Kier molecular flexibility index (Phi) is 4.04. The summed E-state index contributed by atoms with van der Waals surface area (Å²) in [4.78, 5) is 0. The van der Waals surface area contributed by atoms with Crippen LogP contribution in [0.4, 0.5) is 0 Å². The first-order valence-electron chi connectivity index (χ1n) is 5.38. The molecule has 0 radical (unpaired) electrons.